The number of hydrogen-bond acceptors (Lipinski definition) is 7. The fourth-order valence-electron chi connectivity index (χ4n) is 1.98. The smallest absolute Gasteiger partial charge is 0.250 e. The van der Waals surface area contributed by atoms with E-state index in [0.29, 0.717) is 20.8 Å². The zero-order chi connectivity index (χ0) is 19.2. The number of nitrogens with zero attached hydrogens (tertiary/aromatic N) is 5. The Hall–Kier alpha value is -2.62. The van der Waals surface area contributed by atoms with E-state index in [1.165, 1.54) is 23.0 Å². The van der Waals surface area contributed by atoms with Crippen molar-refractivity contribution in [3.05, 3.63) is 58.1 Å². The molecule has 8 nitrogen and oxygen atoms in total. The number of amides is 1. The first kappa shape index (κ1) is 19.2. The van der Waals surface area contributed by atoms with E-state index in [1.807, 2.05) is 0 Å². The van der Waals surface area contributed by atoms with E-state index < -0.39 is 0 Å². The number of phenolic OH excluding ortho intramolecular Hbond substituents is 1. The number of carbonyl (C=O) groups is 1. The lowest BCUT2D eigenvalue weighted by molar-refractivity contribution is -0.118. The molecule has 0 unspecified atom stereocenters. The van der Waals surface area contributed by atoms with Crippen LogP contribution in [0.25, 0.3) is 5.69 Å². The Morgan fingerprint density at radius 1 is 1.22 bits per heavy atom. The molecule has 0 spiro atoms. The molecule has 0 aliphatic carbocycles. The SMILES string of the molecule is O=C(CSc1nnnn1-c1ccc(Cl)cc1)NN=Cc1cc(Cl)ccc1O. The molecule has 0 bridgehead atoms. The van der Waals surface area contributed by atoms with Crippen LogP contribution in [0.15, 0.2) is 52.7 Å². The van der Waals surface area contributed by atoms with Crippen LogP contribution in [-0.4, -0.2) is 43.2 Å². The minimum Gasteiger partial charge on any atom is -0.507 e. The molecule has 11 heteroatoms. The molecule has 0 aliphatic rings. The van der Waals surface area contributed by atoms with Crippen molar-refractivity contribution in [2.24, 2.45) is 5.10 Å². The molecule has 0 aliphatic heterocycles. The van der Waals surface area contributed by atoms with Crippen LogP contribution in [0.2, 0.25) is 10.0 Å². The number of rotatable bonds is 6. The van der Waals surface area contributed by atoms with Gasteiger partial charge in [-0.1, -0.05) is 35.0 Å². The van der Waals surface area contributed by atoms with Crippen molar-refractivity contribution in [3.8, 4) is 11.4 Å². The zero-order valence-corrected chi connectivity index (χ0v) is 15.9. The predicted octanol–water partition coefficient (Wildman–Crippen LogP) is 2.92. The van der Waals surface area contributed by atoms with Crippen LogP contribution in [0.5, 0.6) is 5.75 Å². The third-order valence-electron chi connectivity index (χ3n) is 3.23. The standard InChI is InChI=1S/C16H12Cl2N6O2S/c17-11-1-4-13(5-2-11)24-16(21-22-23-24)27-9-15(26)20-19-8-10-7-12(18)3-6-14(10)25/h1-8,25H,9H2,(H,20,26). The summed E-state index contributed by atoms with van der Waals surface area (Å²) in [5, 5.41) is 26.4. The molecular formula is C16H12Cl2N6O2S. The Balaban J connectivity index is 1.57. The molecule has 0 atom stereocenters. The van der Waals surface area contributed by atoms with E-state index >= 15 is 0 Å². The molecule has 3 rings (SSSR count). The Bertz CT molecular complexity index is 977. The molecule has 1 aromatic heterocycles. The van der Waals surface area contributed by atoms with Crippen LogP contribution in [0.1, 0.15) is 5.56 Å². The monoisotopic (exact) mass is 422 g/mol. The van der Waals surface area contributed by atoms with Crippen molar-refractivity contribution in [2.75, 3.05) is 5.75 Å². The lowest BCUT2D eigenvalue weighted by Gasteiger charge is -2.04. The number of thioether (sulfide) groups is 1. The minimum atomic E-state index is -0.358. The van der Waals surface area contributed by atoms with Gasteiger partial charge in [0.1, 0.15) is 5.75 Å². The quantitative estimate of drug-likeness (QED) is 0.359. The van der Waals surface area contributed by atoms with Crippen LogP contribution in [-0.2, 0) is 4.79 Å². The second-order valence-corrected chi connectivity index (χ2v) is 6.95. The number of aromatic nitrogens is 4. The van der Waals surface area contributed by atoms with Crippen molar-refractivity contribution in [1.82, 2.24) is 25.6 Å². The van der Waals surface area contributed by atoms with Crippen molar-refractivity contribution < 1.29 is 9.90 Å². The topological polar surface area (TPSA) is 105 Å². The van der Waals surface area contributed by atoms with Crippen LogP contribution in [0, 0.1) is 0 Å². The number of benzene rings is 2. The van der Waals surface area contributed by atoms with Crippen LogP contribution >= 0.6 is 35.0 Å². The maximum absolute atomic E-state index is 11.9. The van der Waals surface area contributed by atoms with Gasteiger partial charge in [-0.25, -0.2) is 5.43 Å². The summed E-state index contributed by atoms with van der Waals surface area (Å²) in [4.78, 5) is 11.9. The van der Waals surface area contributed by atoms with Gasteiger partial charge in [-0.3, -0.25) is 4.79 Å². The van der Waals surface area contributed by atoms with Gasteiger partial charge >= 0.3 is 0 Å². The molecule has 0 saturated heterocycles. The largest absolute Gasteiger partial charge is 0.507 e. The maximum Gasteiger partial charge on any atom is 0.250 e. The highest BCUT2D eigenvalue weighted by atomic mass is 35.5. The molecule has 1 heterocycles. The highest BCUT2D eigenvalue weighted by Gasteiger charge is 2.11. The average Bonchev–Trinajstić information content (AvgIpc) is 3.12. The number of hydrogen-bond donors (Lipinski definition) is 2. The van der Waals surface area contributed by atoms with Gasteiger partial charge in [0.05, 0.1) is 17.7 Å². The van der Waals surface area contributed by atoms with Crippen LogP contribution in [0.4, 0.5) is 0 Å². The lowest BCUT2D eigenvalue weighted by Crippen LogP contribution is -2.20. The fourth-order valence-corrected chi connectivity index (χ4v) is 2.97. The summed E-state index contributed by atoms with van der Waals surface area (Å²) in [6, 6.07) is 11.5. The normalized spacial score (nSPS) is 11.0. The van der Waals surface area contributed by atoms with E-state index in [9.17, 15) is 9.90 Å². The fraction of sp³-hybridized carbons (Fsp3) is 0.0625. The molecule has 2 N–H and O–H groups in total. The molecule has 1 amide bonds. The number of phenols is 1. The highest BCUT2D eigenvalue weighted by Crippen LogP contribution is 2.20. The van der Waals surface area contributed by atoms with E-state index in [-0.39, 0.29) is 17.4 Å². The molecule has 3 aromatic rings. The Morgan fingerprint density at radius 2 is 1.96 bits per heavy atom. The Morgan fingerprint density at radius 3 is 2.74 bits per heavy atom. The summed E-state index contributed by atoms with van der Waals surface area (Å²) in [6.45, 7) is 0. The van der Waals surface area contributed by atoms with Crippen LogP contribution < -0.4 is 5.43 Å². The number of halogens is 2. The first-order valence-corrected chi connectivity index (χ1v) is 9.24. The van der Waals surface area contributed by atoms with Gasteiger partial charge in [-0.15, -0.1) is 5.10 Å². The molecule has 2 aromatic carbocycles. The number of carbonyl (C=O) groups excluding carboxylic acids is 1. The van der Waals surface area contributed by atoms with Gasteiger partial charge in [0.15, 0.2) is 0 Å². The van der Waals surface area contributed by atoms with Crippen molar-refractivity contribution in [3.63, 3.8) is 0 Å². The van der Waals surface area contributed by atoms with Gasteiger partial charge in [-0.2, -0.15) is 9.78 Å². The van der Waals surface area contributed by atoms with Crippen molar-refractivity contribution in [2.45, 2.75) is 5.16 Å². The Labute approximate surface area is 168 Å². The molecule has 138 valence electrons. The number of nitrogens with one attached hydrogen (secondary N) is 1. The molecule has 27 heavy (non-hydrogen) atoms. The summed E-state index contributed by atoms with van der Waals surface area (Å²) in [6.07, 6.45) is 1.31. The first-order chi connectivity index (χ1) is 13.0. The number of aromatic hydroxyl groups is 1. The third kappa shape index (κ3) is 5.19. The molecule has 0 fully saturated rings. The summed E-state index contributed by atoms with van der Waals surface area (Å²) in [5.74, 6) is -0.301. The van der Waals surface area contributed by atoms with Gasteiger partial charge in [0.2, 0.25) is 5.16 Å². The van der Waals surface area contributed by atoms with E-state index in [2.05, 4.69) is 26.1 Å². The summed E-state index contributed by atoms with van der Waals surface area (Å²) < 4.78 is 1.50. The lowest BCUT2D eigenvalue weighted by atomic mass is 10.2. The maximum atomic E-state index is 11.9. The van der Waals surface area contributed by atoms with Gasteiger partial charge in [0.25, 0.3) is 5.91 Å². The third-order valence-corrected chi connectivity index (χ3v) is 4.63. The Kier molecular flexibility index (Phi) is 6.28. The molecular weight excluding hydrogens is 411 g/mol. The first-order valence-electron chi connectivity index (χ1n) is 7.50. The summed E-state index contributed by atoms with van der Waals surface area (Å²) in [7, 11) is 0. The molecule has 0 radical (unpaired) electrons. The minimum absolute atomic E-state index is 0.00825. The number of hydrazone groups is 1. The van der Waals surface area contributed by atoms with E-state index in [1.54, 1.807) is 30.3 Å². The van der Waals surface area contributed by atoms with Crippen molar-refractivity contribution >= 4 is 47.1 Å². The average molecular weight is 423 g/mol. The molecule has 0 saturated carbocycles. The highest BCUT2D eigenvalue weighted by molar-refractivity contribution is 7.99. The second-order valence-electron chi connectivity index (χ2n) is 5.13. The summed E-state index contributed by atoms with van der Waals surface area (Å²) >= 11 is 12.9. The van der Waals surface area contributed by atoms with Gasteiger partial charge in [0, 0.05) is 15.6 Å². The van der Waals surface area contributed by atoms with Gasteiger partial charge in [-0.05, 0) is 52.9 Å². The predicted molar refractivity (Wildman–Crippen MR) is 104 cm³/mol. The van der Waals surface area contributed by atoms with Crippen LogP contribution in [0.3, 0.4) is 0 Å². The van der Waals surface area contributed by atoms with E-state index in [0.717, 1.165) is 17.4 Å². The van der Waals surface area contributed by atoms with E-state index in [4.69, 9.17) is 23.2 Å². The summed E-state index contributed by atoms with van der Waals surface area (Å²) in [5.41, 5.74) is 3.48. The van der Waals surface area contributed by atoms with Gasteiger partial charge < -0.3 is 5.11 Å². The zero-order valence-electron chi connectivity index (χ0n) is 13.6. The number of tetrazole rings is 1. The van der Waals surface area contributed by atoms with Crippen molar-refractivity contribution in [1.29, 1.82) is 0 Å². The second kappa shape index (κ2) is 8.85.